The zero-order valence-electron chi connectivity index (χ0n) is 11.8. The van der Waals surface area contributed by atoms with Gasteiger partial charge in [0, 0.05) is 13.1 Å². The molecule has 0 spiro atoms. The Morgan fingerprint density at radius 3 is 2.42 bits per heavy atom. The standard InChI is InChI=1S/C13H10F4N2O4S/c14-11-2-1-8(3-7(11)4-18)24(22,23)19-5-9(12(20)21)10(6-19)13(15,16)17/h1-3,9-10H,5-6H2,(H,20,21)/t9-,10-/m1/s1. The van der Waals surface area contributed by atoms with Crippen molar-refractivity contribution in [3.63, 3.8) is 0 Å². The number of benzene rings is 1. The SMILES string of the molecule is N#Cc1cc(S(=O)(=O)N2C[C@@H](C(F)(F)F)[C@H](C(=O)O)C2)ccc1F. The van der Waals surface area contributed by atoms with Crippen molar-refractivity contribution in [2.24, 2.45) is 11.8 Å². The number of sulfonamides is 1. The maximum Gasteiger partial charge on any atom is 0.393 e. The number of nitrogens with zero attached hydrogens (tertiary/aromatic N) is 2. The van der Waals surface area contributed by atoms with Crippen LogP contribution in [0.3, 0.4) is 0 Å². The minimum absolute atomic E-state index is 0.387. The van der Waals surface area contributed by atoms with E-state index in [9.17, 15) is 30.8 Å². The molecule has 0 amide bonds. The smallest absolute Gasteiger partial charge is 0.393 e. The van der Waals surface area contributed by atoms with E-state index < -0.39 is 63.4 Å². The Morgan fingerprint density at radius 1 is 1.33 bits per heavy atom. The normalized spacial score (nSPS) is 22.3. The van der Waals surface area contributed by atoms with Gasteiger partial charge in [-0.2, -0.15) is 22.7 Å². The first-order chi connectivity index (χ1) is 11.0. The van der Waals surface area contributed by atoms with E-state index in [1.807, 2.05) is 0 Å². The molecular weight excluding hydrogens is 356 g/mol. The van der Waals surface area contributed by atoms with Crippen LogP contribution in [0.2, 0.25) is 0 Å². The number of carboxylic acids is 1. The number of nitriles is 1. The molecule has 6 nitrogen and oxygen atoms in total. The fraction of sp³-hybridized carbons (Fsp3) is 0.385. The average molecular weight is 366 g/mol. The number of aliphatic carboxylic acids is 1. The van der Waals surface area contributed by atoms with E-state index in [1.165, 1.54) is 6.07 Å². The molecule has 0 saturated carbocycles. The van der Waals surface area contributed by atoms with Crippen LogP contribution in [0, 0.1) is 29.0 Å². The van der Waals surface area contributed by atoms with Crippen LogP contribution in [0.5, 0.6) is 0 Å². The van der Waals surface area contributed by atoms with E-state index in [2.05, 4.69) is 0 Å². The third-order valence-electron chi connectivity index (χ3n) is 3.72. The molecule has 2 atom stereocenters. The van der Waals surface area contributed by atoms with Crippen molar-refractivity contribution >= 4 is 16.0 Å². The largest absolute Gasteiger partial charge is 0.481 e. The van der Waals surface area contributed by atoms with Crippen molar-refractivity contribution in [1.82, 2.24) is 4.31 Å². The number of hydrogen-bond donors (Lipinski definition) is 1. The minimum Gasteiger partial charge on any atom is -0.481 e. The fourth-order valence-corrected chi connectivity index (χ4v) is 3.96. The maximum absolute atomic E-state index is 13.3. The lowest BCUT2D eigenvalue weighted by molar-refractivity contribution is -0.187. The minimum atomic E-state index is -4.88. The Hall–Kier alpha value is -2.19. The summed E-state index contributed by atoms with van der Waals surface area (Å²) in [4.78, 5) is 10.4. The Morgan fingerprint density at radius 2 is 1.96 bits per heavy atom. The van der Waals surface area contributed by atoms with Crippen molar-refractivity contribution in [3.05, 3.63) is 29.6 Å². The summed E-state index contributed by atoms with van der Waals surface area (Å²) in [6.07, 6.45) is -4.88. The van der Waals surface area contributed by atoms with Gasteiger partial charge in [-0.05, 0) is 18.2 Å². The van der Waals surface area contributed by atoms with Crippen molar-refractivity contribution < 1.29 is 35.9 Å². The monoisotopic (exact) mass is 366 g/mol. The van der Waals surface area contributed by atoms with Gasteiger partial charge in [-0.25, -0.2) is 12.8 Å². The van der Waals surface area contributed by atoms with Gasteiger partial charge in [0.05, 0.1) is 22.3 Å². The molecule has 2 rings (SSSR count). The molecule has 0 unspecified atom stereocenters. The van der Waals surface area contributed by atoms with Gasteiger partial charge in [0.15, 0.2) is 0 Å². The molecule has 1 aliphatic heterocycles. The summed E-state index contributed by atoms with van der Waals surface area (Å²) in [5, 5.41) is 17.6. The topological polar surface area (TPSA) is 98.5 Å². The molecule has 1 fully saturated rings. The third-order valence-corrected chi connectivity index (χ3v) is 5.55. The lowest BCUT2D eigenvalue weighted by Gasteiger charge is -2.18. The molecule has 130 valence electrons. The van der Waals surface area contributed by atoms with Gasteiger partial charge in [-0.1, -0.05) is 0 Å². The maximum atomic E-state index is 13.3. The van der Waals surface area contributed by atoms with Gasteiger partial charge in [0.25, 0.3) is 0 Å². The van der Waals surface area contributed by atoms with E-state index in [0.29, 0.717) is 16.4 Å². The van der Waals surface area contributed by atoms with Crippen LogP contribution >= 0.6 is 0 Å². The molecule has 1 aromatic carbocycles. The summed E-state index contributed by atoms with van der Waals surface area (Å²) in [5.41, 5.74) is -0.586. The van der Waals surface area contributed by atoms with Crippen LogP contribution in [0.1, 0.15) is 5.56 Å². The second-order valence-corrected chi connectivity index (χ2v) is 7.11. The number of carboxylic acid groups (broad SMARTS) is 1. The van der Waals surface area contributed by atoms with Crippen LogP contribution in [0.25, 0.3) is 0 Å². The Balaban J connectivity index is 2.41. The predicted molar refractivity (Wildman–Crippen MR) is 70.5 cm³/mol. The highest BCUT2D eigenvalue weighted by Crippen LogP contribution is 2.39. The fourth-order valence-electron chi connectivity index (χ4n) is 2.45. The van der Waals surface area contributed by atoms with E-state index in [4.69, 9.17) is 10.4 Å². The first-order valence-corrected chi connectivity index (χ1v) is 7.92. The number of alkyl halides is 3. The van der Waals surface area contributed by atoms with Crippen molar-refractivity contribution in [1.29, 1.82) is 5.26 Å². The number of carbonyl (C=O) groups is 1. The molecule has 1 aromatic rings. The first kappa shape index (κ1) is 18.2. The van der Waals surface area contributed by atoms with Crippen LogP contribution < -0.4 is 0 Å². The second-order valence-electron chi connectivity index (χ2n) is 5.17. The van der Waals surface area contributed by atoms with E-state index in [1.54, 1.807) is 0 Å². The van der Waals surface area contributed by atoms with Crippen LogP contribution in [-0.2, 0) is 14.8 Å². The quantitative estimate of drug-likeness (QED) is 0.819. The molecule has 0 bridgehead atoms. The highest BCUT2D eigenvalue weighted by atomic mass is 32.2. The lowest BCUT2D eigenvalue weighted by Crippen LogP contribution is -2.34. The van der Waals surface area contributed by atoms with Crippen LogP contribution in [-0.4, -0.2) is 43.1 Å². The molecule has 1 aliphatic rings. The molecule has 1 N–H and O–H groups in total. The molecule has 0 radical (unpaired) electrons. The predicted octanol–water partition coefficient (Wildman–Crippen LogP) is 1.58. The zero-order valence-corrected chi connectivity index (χ0v) is 12.6. The van der Waals surface area contributed by atoms with Gasteiger partial charge in [0.2, 0.25) is 10.0 Å². The van der Waals surface area contributed by atoms with Crippen molar-refractivity contribution in [2.75, 3.05) is 13.1 Å². The van der Waals surface area contributed by atoms with Gasteiger partial charge in [-0.3, -0.25) is 4.79 Å². The number of halogens is 4. The average Bonchev–Trinajstić information content (AvgIpc) is 2.93. The first-order valence-electron chi connectivity index (χ1n) is 6.47. The lowest BCUT2D eigenvalue weighted by atomic mass is 9.96. The number of hydrogen-bond acceptors (Lipinski definition) is 4. The molecule has 24 heavy (non-hydrogen) atoms. The Kier molecular flexibility index (Phi) is 4.56. The molecule has 11 heteroatoms. The van der Waals surface area contributed by atoms with Crippen LogP contribution in [0.4, 0.5) is 17.6 Å². The summed E-state index contributed by atoms with van der Waals surface area (Å²) >= 11 is 0. The van der Waals surface area contributed by atoms with Gasteiger partial charge in [-0.15, -0.1) is 0 Å². The van der Waals surface area contributed by atoms with Crippen molar-refractivity contribution in [2.45, 2.75) is 11.1 Å². The van der Waals surface area contributed by atoms with Gasteiger partial charge >= 0.3 is 12.1 Å². The summed E-state index contributed by atoms with van der Waals surface area (Å²) in [5.74, 6) is -7.02. The van der Waals surface area contributed by atoms with Crippen molar-refractivity contribution in [3.8, 4) is 6.07 Å². The number of rotatable bonds is 3. The zero-order chi connectivity index (χ0) is 18.3. The highest BCUT2D eigenvalue weighted by molar-refractivity contribution is 7.89. The molecule has 1 heterocycles. The molecular formula is C13H10F4N2O4S. The Bertz CT molecular complexity index is 816. The van der Waals surface area contributed by atoms with Gasteiger partial charge < -0.3 is 5.11 Å². The molecule has 0 aromatic heterocycles. The van der Waals surface area contributed by atoms with E-state index in [-0.39, 0.29) is 0 Å². The van der Waals surface area contributed by atoms with E-state index >= 15 is 0 Å². The second kappa shape index (κ2) is 6.03. The summed E-state index contributed by atoms with van der Waals surface area (Å²) in [6, 6.07) is 3.64. The van der Waals surface area contributed by atoms with Crippen LogP contribution in [0.15, 0.2) is 23.1 Å². The molecule has 1 saturated heterocycles. The summed E-state index contributed by atoms with van der Waals surface area (Å²) < 4.78 is 77.2. The summed E-state index contributed by atoms with van der Waals surface area (Å²) in [6.45, 7) is -1.91. The van der Waals surface area contributed by atoms with E-state index in [0.717, 1.165) is 6.07 Å². The highest BCUT2D eigenvalue weighted by Gasteiger charge is 2.54. The Labute approximate surface area is 134 Å². The summed E-state index contributed by atoms with van der Waals surface area (Å²) in [7, 11) is -4.50. The van der Waals surface area contributed by atoms with Gasteiger partial charge in [0.1, 0.15) is 11.9 Å². The molecule has 0 aliphatic carbocycles. The third kappa shape index (κ3) is 3.20.